The van der Waals surface area contributed by atoms with Gasteiger partial charge in [0, 0.05) is 40.6 Å². The van der Waals surface area contributed by atoms with Gasteiger partial charge in [0.25, 0.3) is 0 Å². The highest BCUT2D eigenvalue weighted by atomic mass is 15.1. The number of anilines is 3. The number of hydrogen-bond acceptors (Lipinski definition) is 3. The number of aromatic nitrogens is 2. The molecule has 0 atom stereocenters. The van der Waals surface area contributed by atoms with Crippen LogP contribution in [-0.2, 0) is 0 Å². The Balaban J connectivity index is 1.30. The third-order valence-corrected chi connectivity index (χ3v) is 9.66. The summed E-state index contributed by atoms with van der Waals surface area (Å²) >= 11 is 0. The molecule has 52 heavy (non-hydrogen) atoms. The lowest BCUT2D eigenvalue weighted by atomic mass is 9.95. The van der Waals surface area contributed by atoms with Gasteiger partial charge in [0.2, 0.25) is 0 Å². The van der Waals surface area contributed by atoms with Crippen LogP contribution in [0.1, 0.15) is 16.7 Å². The van der Waals surface area contributed by atoms with Gasteiger partial charge in [0.15, 0.2) is 0 Å². The van der Waals surface area contributed by atoms with Gasteiger partial charge in [0.1, 0.15) is 0 Å². The quantitative estimate of drug-likeness (QED) is 0.161. The molecule has 0 aliphatic heterocycles. The molecule has 8 rings (SSSR count). The van der Waals surface area contributed by atoms with Gasteiger partial charge in [-0.05, 0) is 125 Å². The Morgan fingerprint density at radius 3 is 1.75 bits per heavy atom. The van der Waals surface area contributed by atoms with Crippen molar-refractivity contribution in [2.45, 2.75) is 20.8 Å². The molecule has 250 valence electrons. The van der Waals surface area contributed by atoms with Crippen molar-refractivity contribution in [2.24, 2.45) is 0 Å². The molecule has 3 heteroatoms. The first-order valence-electron chi connectivity index (χ1n) is 17.7. The van der Waals surface area contributed by atoms with E-state index in [0.29, 0.717) is 0 Å². The number of rotatable bonds is 8. The molecule has 0 saturated carbocycles. The zero-order valence-corrected chi connectivity index (χ0v) is 29.7. The van der Waals surface area contributed by atoms with Gasteiger partial charge in [-0.1, -0.05) is 115 Å². The highest BCUT2D eigenvalue weighted by Crippen LogP contribution is 2.42. The van der Waals surface area contributed by atoms with Gasteiger partial charge in [0.05, 0.1) is 11.4 Å². The van der Waals surface area contributed by atoms with E-state index in [0.717, 1.165) is 56.3 Å². The maximum absolute atomic E-state index is 5.04. The summed E-state index contributed by atoms with van der Waals surface area (Å²) in [5.74, 6) is 0. The molecular formula is C49H39N3. The first-order valence-corrected chi connectivity index (χ1v) is 17.7. The minimum Gasteiger partial charge on any atom is -0.310 e. The van der Waals surface area contributed by atoms with Gasteiger partial charge in [-0.2, -0.15) is 0 Å². The van der Waals surface area contributed by atoms with Crippen LogP contribution in [0.25, 0.3) is 55.9 Å². The average molecular weight is 670 g/mol. The fourth-order valence-corrected chi connectivity index (χ4v) is 6.88. The Bertz CT molecular complexity index is 2470. The summed E-state index contributed by atoms with van der Waals surface area (Å²) < 4.78 is 0. The molecule has 0 bridgehead atoms. The average Bonchev–Trinajstić information content (AvgIpc) is 3.20. The number of hydrogen-bond donors (Lipinski definition) is 0. The van der Waals surface area contributed by atoms with E-state index in [1.807, 2.05) is 24.5 Å². The van der Waals surface area contributed by atoms with Crippen LogP contribution < -0.4 is 4.90 Å². The van der Waals surface area contributed by atoms with Gasteiger partial charge >= 0.3 is 0 Å². The van der Waals surface area contributed by atoms with Gasteiger partial charge in [-0.25, -0.2) is 0 Å². The summed E-state index contributed by atoms with van der Waals surface area (Å²) in [6, 6.07) is 60.5. The van der Waals surface area contributed by atoms with Crippen molar-refractivity contribution in [3.05, 3.63) is 199 Å². The molecule has 0 unspecified atom stereocenters. The molecule has 2 aromatic heterocycles. The maximum atomic E-state index is 5.04. The SMILES string of the molecule is Cc1ccc(C)c(N(c2cccc(-c3ccccn3)c2)c2cc(-c3ccccc3)cc(-c3cc(-c4ccc(-c5ccccc5)cc4)c(C)cn3)c2)c1. The third kappa shape index (κ3) is 6.77. The zero-order chi connectivity index (χ0) is 35.4. The number of nitrogens with zero attached hydrogens (tertiary/aromatic N) is 3. The third-order valence-electron chi connectivity index (χ3n) is 9.66. The topological polar surface area (TPSA) is 29.0 Å². The molecule has 0 spiro atoms. The lowest BCUT2D eigenvalue weighted by Crippen LogP contribution is -2.12. The molecule has 6 aromatic carbocycles. The molecule has 0 saturated heterocycles. The van der Waals surface area contributed by atoms with Crippen LogP contribution in [-0.4, -0.2) is 9.97 Å². The second-order valence-electron chi connectivity index (χ2n) is 13.4. The zero-order valence-electron chi connectivity index (χ0n) is 29.7. The fraction of sp³-hybridized carbons (Fsp3) is 0.0612. The van der Waals surface area contributed by atoms with Gasteiger partial charge < -0.3 is 4.90 Å². The molecule has 0 amide bonds. The first-order chi connectivity index (χ1) is 25.5. The van der Waals surface area contributed by atoms with Gasteiger partial charge in [-0.3, -0.25) is 9.97 Å². The fourth-order valence-electron chi connectivity index (χ4n) is 6.88. The Morgan fingerprint density at radius 1 is 0.385 bits per heavy atom. The number of benzene rings is 6. The van der Waals surface area contributed by atoms with Gasteiger partial charge in [-0.15, -0.1) is 0 Å². The molecule has 0 fully saturated rings. The van der Waals surface area contributed by atoms with E-state index in [-0.39, 0.29) is 0 Å². The normalized spacial score (nSPS) is 11.0. The van der Waals surface area contributed by atoms with E-state index in [1.165, 1.54) is 33.4 Å². The van der Waals surface area contributed by atoms with Crippen LogP contribution in [0.5, 0.6) is 0 Å². The molecule has 0 aliphatic rings. The van der Waals surface area contributed by atoms with Crippen molar-refractivity contribution < 1.29 is 0 Å². The Labute approximate surface area is 306 Å². The number of aryl methyl sites for hydroxylation is 3. The predicted octanol–water partition coefficient (Wildman–Crippen LogP) is 13.2. The lowest BCUT2D eigenvalue weighted by Gasteiger charge is -2.29. The predicted molar refractivity (Wildman–Crippen MR) is 218 cm³/mol. The standard InChI is InChI=1S/C49H39N3/c1-34-20-21-35(2)49(27-34)52(44-18-12-17-41(29-44)47-19-10-11-26-50-47)45-30-42(38-15-8-5-9-16-38)28-43(31-45)48-32-46(36(3)33-51-48)40-24-22-39(23-25-40)37-13-6-4-7-14-37/h4-33H,1-3H3. The van der Waals surface area contributed by atoms with Crippen molar-refractivity contribution in [1.82, 2.24) is 9.97 Å². The minimum atomic E-state index is 0.926. The molecule has 0 aliphatic carbocycles. The molecule has 3 nitrogen and oxygen atoms in total. The van der Waals surface area contributed by atoms with E-state index in [4.69, 9.17) is 4.98 Å². The largest absolute Gasteiger partial charge is 0.310 e. The van der Waals surface area contributed by atoms with Crippen LogP contribution in [0.15, 0.2) is 182 Å². The van der Waals surface area contributed by atoms with Crippen molar-refractivity contribution in [1.29, 1.82) is 0 Å². The summed E-state index contributed by atoms with van der Waals surface area (Å²) in [6.07, 6.45) is 3.85. The number of pyridine rings is 2. The summed E-state index contributed by atoms with van der Waals surface area (Å²) in [6.45, 7) is 6.48. The summed E-state index contributed by atoms with van der Waals surface area (Å²) in [7, 11) is 0. The van der Waals surface area contributed by atoms with Crippen LogP contribution >= 0.6 is 0 Å². The van der Waals surface area contributed by atoms with E-state index in [2.05, 4.69) is 188 Å². The summed E-state index contributed by atoms with van der Waals surface area (Å²) in [5, 5.41) is 0. The molecular weight excluding hydrogens is 631 g/mol. The van der Waals surface area contributed by atoms with Crippen molar-refractivity contribution >= 4 is 17.1 Å². The Morgan fingerprint density at radius 2 is 1.02 bits per heavy atom. The van der Waals surface area contributed by atoms with Crippen LogP contribution in [0.2, 0.25) is 0 Å². The van der Waals surface area contributed by atoms with Crippen LogP contribution in [0.4, 0.5) is 17.1 Å². The molecule has 8 aromatic rings. The van der Waals surface area contributed by atoms with E-state index in [9.17, 15) is 0 Å². The Kier molecular flexibility index (Phi) is 8.99. The van der Waals surface area contributed by atoms with Crippen LogP contribution in [0, 0.1) is 20.8 Å². The van der Waals surface area contributed by atoms with E-state index >= 15 is 0 Å². The Hall–Kier alpha value is -6.58. The van der Waals surface area contributed by atoms with Crippen molar-refractivity contribution in [3.8, 4) is 55.9 Å². The molecule has 0 N–H and O–H groups in total. The van der Waals surface area contributed by atoms with Crippen LogP contribution in [0.3, 0.4) is 0 Å². The highest BCUT2D eigenvalue weighted by Gasteiger charge is 2.19. The highest BCUT2D eigenvalue weighted by molar-refractivity contribution is 5.87. The maximum Gasteiger partial charge on any atom is 0.0709 e. The summed E-state index contributed by atoms with van der Waals surface area (Å²) in [5.41, 5.74) is 17.8. The van der Waals surface area contributed by atoms with Crippen molar-refractivity contribution in [3.63, 3.8) is 0 Å². The first kappa shape index (κ1) is 32.6. The molecule has 2 heterocycles. The minimum absolute atomic E-state index is 0.926. The van der Waals surface area contributed by atoms with Crippen molar-refractivity contribution in [2.75, 3.05) is 4.90 Å². The van der Waals surface area contributed by atoms with E-state index in [1.54, 1.807) is 0 Å². The summed E-state index contributed by atoms with van der Waals surface area (Å²) in [4.78, 5) is 12.1. The molecule has 0 radical (unpaired) electrons. The second kappa shape index (κ2) is 14.3. The monoisotopic (exact) mass is 669 g/mol. The second-order valence-corrected chi connectivity index (χ2v) is 13.4. The lowest BCUT2D eigenvalue weighted by molar-refractivity contribution is 1.23. The smallest absolute Gasteiger partial charge is 0.0709 e. The van der Waals surface area contributed by atoms with E-state index < -0.39 is 0 Å².